The number of nitrogens with zero attached hydrogens (tertiary/aromatic N) is 2. The van der Waals surface area contributed by atoms with Crippen LogP contribution < -0.4 is 5.32 Å². The molecule has 106 valence electrons. The number of phenols is 1. The lowest BCUT2D eigenvalue weighted by molar-refractivity contribution is 0.0949. The van der Waals surface area contributed by atoms with Crippen molar-refractivity contribution in [3.8, 4) is 5.75 Å². The van der Waals surface area contributed by atoms with Crippen molar-refractivity contribution in [1.82, 2.24) is 14.9 Å². The fourth-order valence-electron chi connectivity index (χ4n) is 1.94. The van der Waals surface area contributed by atoms with Crippen LogP contribution in [-0.2, 0) is 13.0 Å². The van der Waals surface area contributed by atoms with E-state index in [1.165, 1.54) is 6.07 Å². The zero-order chi connectivity index (χ0) is 14.5. The quantitative estimate of drug-likeness (QED) is 0.874. The Hall–Kier alpha value is -2.37. The van der Waals surface area contributed by atoms with Gasteiger partial charge in [0.05, 0.1) is 5.56 Å². The number of amides is 1. The Morgan fingerprint density at radius 3 is 3.00 bits per heavy atom. The second-order valence-electron chi connectivity index (χ2n) is 4.31. The summed E-state index contributed by atoms with van der Waals surface area (Å²) < 4.78 is 14.8. The number of benzene rings is 1. The van der Waals surface area contributed by atoms with Gasteiger partial charge in [0.2, 0.25) is 0 Å². The van der Waals surface area contributed by atoms with Crippen molar-refractivity contribution in [3.63, 3.8) is 0 Å². The molecule has 2 aromatic rings. The molecule has 1 amide bonds. The first-order valence-electron chi connectivity index (χ1n) is 6.38. The van der Waals surface area contributed by atoms with E-state index in [2.05, 4.69) is 10.3 Å². The van der Waals surface area contributed by atoms with Crippen molar-refractivity contribution in [3.05, 3.63) is 47.8 Å². The van der Waals surface area contributed by atoms with E-state index in [0.29, 0.717) is 13.1 Å². The van der Waals surface area contributed by atoms with E-state index in [0.717, 1.165) is 24.4 Å². The second-order valence-corrected chi connectivity index (χ2v) is 4.31. The zero-order valence-electron chi connectivity index (χ0n) is 11.1. The maximum Gasteiger partial charge on any atom is 0.255 e. The predicted octanol–water partition coefficient (Wildman–Crippen LogP) is 1.72. The molecular weight excluding hydrogens is 261 g/mol. The van der Waals surface area contributed by atoms with Gasteiger partial charge in [-0.05, 0) is 12.1 Å². The van der Waals surface area contributed by atoms with E-state index in [1.54, 1.807) is 6.20 Å². The molecule has 20 heavy (non-hydrogen) atoms. The number of carbonyl (C=O) groups is 1. The Kier molecular flexibility index (Phi) is 4.34. The van der Waals surface area contributed by atoms with E-state index in [-0.39, 0.29) is 11.3 Å². The van der Waals surface area contributed by atoms with Gasteiger partial charge in [-0.1, -0.05) is 6.92 Å². The molecule has 1 heterocycles. The zero-order valence-corrected chi connectivity index (χ0v) is 11.1. The number of rotatable bonds is 5. The summed E-state index contributed by atoms with van der Waals surface area (Å²) in [5.41, 5.74) is 0.0627. The molecule has 2 N–H and O–H groups in total. The van der Waals surface area contributed by atoms with Crippen LogP contribution in [0, 0.1) is 5.82 Å². The van der Waals surface area contributed by atoms with Gasteiger partial charge in [-0.15, -0.1) is 0 Å². The standard InChI is InChI=1S/C14H16FN3O2/c1-2-13-16-5-7-18(13)8-6-17-14(20)11-4-3-10(15)9-12(11)19/h3-5,7,9,19H,2,6,8H2,1H3,(H,17,20). The van der Waals surface area contributed by atoms with Crippen LogP contribution in [-0.4, -0.2) is 27.1 Å². The Labute approximate surface area is 116 Å². The summed E-state index contributed by atoms with van der Waals surface area (Å²) in [6.45, 7) is 3.00. The molecule has 0 unspecified atom stereocenters. The number of imidazole rings is 1. The Morgan fingerprint density at radius 2 is 2.30 bits per heavy atom. The fraction of sp³-hybridized carbons (Fsp3) is 0.286. The third-order valence-corrected chi connectivity index (χ3v) is 2.96. The number of hydrogen-bond donors (Lipinski definition) is 2. The normalized spacial score (nSPS) is 10.5. The number of aromatic hydroxyl groups is 1. The van der Waals surface area contributed by atoms with Crippen LogP contribution in [0.1, 0.15) is 23.1 Å². The van der Waals surface area contributed by atoms with Crippen LogP contribution in [0.4, 0.5) is 4.39 Å². The van der Waals surface area contributed by atoms with E-state index in [4.69, 9.17) is 0 Å². The highest BCUT2D eigenvalue weighted by molar-refractivity contribution is 5.96. The van der Waals surface area contributed by atoms with Gasteiger partial charge in [0.25, 0.3) is 5.91 Å². The predicted molar refractivity (Wildman–Crippen MR) is 72.0 cm³/mol. The summed E-state index contributed by atoms with van der Waals surface area (Å²) >= 11 is 0. The van der Waals surface area contributed by atoms with E-state index in [1.807, 2.05) is 17.7 Å². The summed E-state index contributed by atoms with van der Waals surface area (Å²) in [6.07, 6.45) is 4.38. The number of aryl methyl sites for hydroxylation is 1. The lowest BCUT2D eigenvalue weighted by atomic mass is 10.2. The molecule has 0 aliphatic carbocycles. The van der Waals surface area contributed by atoms with Crippen molar-refractivity contribution in [2.75, 3.05) is 6.54 Å². The van der Waals surface area contributed by atoms with Crippen molar-refractivity contribution in [2.24, 2.45) is 0 Å². The minimum Gasteiger partial charge on any atom is -0.507 e. The molecule has 0 radical (unpaired) electrons. The van der Waals surface area contributed by atoms with E-state index >= 15 is 0 Å². The van der Waals surface area contributed by atoms with Crippen LogP contribution in [0.15, 0.2) is 30.6 Å². The highest BCUT2D eigenvalue weighted by atomic mass is 19.1. The number of aromatic nitrogens is 2. The summed E-state index contributed by atoms with van der Waals surface area (Å²) in [5.74, 6) is -0.422. The van der Waals surface area contributed by atoms with E-state index in [9.17, 15) is 14.3 Å². The fourth-order valence-corrected chi connectivity index (χ4v) is 1.94. The van der Waals surface area contributed by atoms with Gasteiger partial charge in [0.15, 0.2) is 0 Å². The topological polar surface area (TPSA) is 67.2 Å². The number of phenolic OH excluding ortho intramolecular Hbond substituents is 1. The molecule has 0 aliphatic heterocycles. The molecule has 0 aliphatic rings. The first-order valence-corrected chi connectivity index (χ1v) is 6.38. The van der Waals surface area contributed by atoms with Crippen LogP contribution in [0.2, 0.25) is 0 Å². The first kappa shape index (κ1) is 14.0. The van der Waals surface area contributed by atoms with Crippen molar-refractivity contribution < 1.29 is 14.3 Å². The average molecular weight is 277 g/mol. The number of hydrogen-bond acceptors (Lipinski definition) is 3. The molecule has 1 aromatic heterocycles. The summed E-state index contributed by atoms with van der Waals surface area (Å²) in [5, 5.41) is 12.2. The molecule has 0 bridgehead atoms. The monoisotopic (exact) mass is 277 g/mol. The third kappa shape index (κ3) is 3.14. The van der Waals surface area contributed by atoms with Gasteiger partial charge < -0.3 is 15.0 Å². The van der Waals surface area contributed by atoms with Crippen LogP contribution in [0.5, 0.6) is 5.75 Å². The van der Waals surface area contributed by atoms with E-state index < -0.39 is 11.7 Å². The molecule has 0 saturated carbocycles. The lowest BCUT2D eigenvalue weighted by Crippen LogP contribution is -2.27. The van der Waals surface area contributed by atoms with Crippen molar-refractivity contribution >= 4 is 5.91 Å². The number of halogens is 1. The molecule has 0 saturated heterocycles. The Balaban J connectivity index is 1.92. The van der Waals surface area contributed by atoms with Crippen molar-refractivity contribution in [1.29, 1.82) is 0 Å². The minimum absolute atomic E-state index is 0.0627. The first-order chi connectivity index (χ1) is 9.61. The van der Waals surface area contributed by atoms with Crippen molar-refractivity contribution in [2.45, 2.75) is 19.9 Å². The second kappa shape index (κ2) is 6.18. The Bertz CT molecular complexity index is 610. The largest absolute Gasteiger partial charge is 0.507 e. The SMILES string of the molecule is CCc1nccn1CCNC(=O)c1ccc(F)cc1O. The third-order valence-electron chi connectivity index (χ3n) is 2.96. The van der Waals surface area contributed by atoms with Crippen LogP contribution in [0.3, 0.4) is 0 Å². The molecule has 2 rings (SSSR count). The summed E-state index contributed by atoms with van der Waals surface area (Å²) in [6, 6.07) is 3.31. The molecule has 1 aromatic carbocycles. The maximum atomic E-state index is 12.8. The molecule has 0 atom stereocenters. The maximum absolute atomic E-state index is 12.8. The summed E-state index contributed by atoms with van der Waals surface area (Å²) in [7, 11) is 0. The van der Waals surface area contributed by atoms with Crippen LogP contribution >= 0.6 is 0 Å². The lowest BCUT2D eigenvalue weighted by Gasteiger charge is -2.09. The van der Waals surface area contributed by atoms with Gasteiger partial charge >= 0.3 is 0 Å². The number of carbonyl (C=O) groups excluding carboxylic acids is 1. The highest BCUT2D eigenvalue weighted by Crippen LogP contribution is 2.17. The number of nitrogens with one attached hydrogen (secondary N) is 1. The molecule has 0 spiro atoms. The highest BCUT2D eigenvalue weighted by Gasteiger charge is 2.11. The van der Waals surface area contributed by atoms with Gasteiger partial charge in [0.1, 0.15) is 17.4 Å². The van der Waals surface area contributed by atoms with Gasteiger partial charge in [0, 0.05) is 38.0 Å². The molecule has 0 fully saturated rings. The van der Waals surface area contributed by atoms with Crippen LogP contribution in [0.25, 0.3) is 0 Å². The molecule has 5 nitrogen and oxygen atoms in total. The smallest absolute Gasteiger partial charge is 0.255 e. The van der Waals surface area contributed by atoms with Gasteiger partial charge in [-0.2, -0.15) is 0 Å². The minimum atomic E-state index is -0.579. The van der Waals surface area contributed by atoms with Gasteiger partial charge in [-0.3, -0.25) is 4.79 Å². The molecular formula is C14H16FN3O2. The molecule has 6 heteroatoms. The Morgan fingerprint density at radius 1 is 1.50 bits per heavy atom. The average Bonchev–Trinajstić information content (AvgIpc) is 2.86. The summed E-state index contributed by atoms with van der Waals surface area (Å²) in [4.78, 5) is 16.0. The van der Waals surface area contributed by atoms with Gasteiger partial charge in [-0.25, -0.2) is 9.37 Å².